The number of rotatable bonds is 3. The Hall–Kier alpha value is -2.99. The molecule has 0 aliphatic heterocycles. The van der Waals surface area contributed by atoms with E-state index in [1.54, 1.807) is 18.2 Å². The molecule has 6 heteroatoms. The van der Waals surface area contributed by atoms with E-state index >= 15 is 0 Å². The highest BCUT2D eigenvalue weighted by molar-refractivity contribution is 7.92. The second kappa shape index (κ2) is 7.20. The van der Waals surface area contributed by atoms with Crippen LogP contribution < -0.4 is 4.72 Å². The molecule has 0 spiro atoms. The molecule has 1 heterocycles. The van der Waals surface area contributed by atoms with Crippen LogP contribution in [0, 0.1) is 5.82 Å². The van der Waals surface area contributed by atoms with Gasteiger partial charge in [-0.25, -0.2) is 12.8 Å². The molecule has 28 heavy (non-hydrogen) atoms. The molecule has 1 aliphatic rings. The third-order valence-electron chi connectivity index (χ3n) is 4.67. The maximum Gasteiger partial charge on any atom is 0.229 e. The second-order valence-electron chi connectivity index (χ2n) is 6.86. The van der Waals surface area contributed by atoms with Crippen LogP contribution in [-0.2, 0) is 22.9 Å². The van der Waals surface area contributed by atoms with Crippen LogP contribution in [0.2, 0.25) is 0 Å². The van der Waals surface area contributed by atoms with Gasteiger partial charge in [0, 0.05) is 16.9 Å². The molecule has 142 valence electrons. The average molecular weight is 394 g/mol. The summed E-state index contributed by atoms with van der Waals surface area (Å²) >= 11 is 0. The molecule has 4 nitrogen and oxygen atoms in total. The summed E-state index contributed by atoms with van der Waals surface area (Å²) in [5, 5.41) is 0. The molecule has 0 bridgehead atoms. The van der Waals surface area contributed by atoms with Gasteiger partial charge >= 0.3 is 0 Å². The third kappa shape index (κ3) is 3.97. The van der Waals surface area contributed by atoms with E-state index in [1.807, 2.05) is 30.3 Å². The highest BCUT2D eigenvalue weighted by Gasteiger charge is 2.19. The molecule has 1 aromatic heterocycles. The van der Waals surface area contributed by atoms with E-state index in [4.69, 9.17) is 0 Å². The fraction of sp³-hybridized carbons (Fsp3) is 0.136. The van der Waals surface area contributed by atoms with Crippen LogP contribution in [-0.4, -0.2) is 19.7 Å². The number of benzene rings is 2. The number of nitrogens with one attached hydrogen (secondary N) is 1. The van der Waals surface area contributed by atoms with E-state index in [0.29, 0.717) is 5.69 Å². The minimum absolute atomic E-state index is 0.378. The Balaban J connectivity index is 1.89. The summed E-state index contributed by atoms with van der Waals surface area (Å²) in [5.74, 6) is -0.378. The molecule has 0 atom stereocenters. The van der Waals surface area contributed by atoms with Crippen molar-refractivity contribution in [2.24, 2.45) is 0 Å². The fourth-order valence-corrected chi connectivity index (χ4v) is 4.08. The zero-order valence-corrected chi connectivity index (χ0v) is 16.1. The number of aromatic nitrogens is 1. The Labute approximate surface area is 163 Å². The van der Waals surface area contributed by atoms with Crippen LogP contribution in [0.1, 0.15) is 27.9 Å². The molecule has 3 aromatic rings. The quantitative estimate of drug-likeness (QED) is 0.721. The van der Waals surface area contributed by atoms with Gasteiger partial charge in [0.1, 0.15) is 5.82 Å². The Bertz CT molecular complexity index is 1190. The van der Waals surface area contributed by atoms with E-state index in [1.165, 1.54) is 17.8 Å². The lowest BCUT2D eigenvalue weighted by Gasteiger charge is -2.12. The van der Waals surface area contributed by atoms with E-state index < -0.39 is 10.0 Å². The second-order valence-corrected chi connectivity index (χ2v) is 8.61. The molecule has 0 fully saturated rings. The highest BCUT2D eigenvalue weighted by Crippen LogP contribution is 2.34. The van der Waals surface area contributed by atoms with Crippen molar-refractivity contribution in [3.05, 3.63) is 94.6 Å². The molecule has 0 amide bonds. The van der Waals surface area contributed by atoms with Gasteiger partial charge in [-0.2, -0.15) is 0 Å². The lowest BCUT2D eigenvalue weighted by atomic mass is 9.93. The molecular formula is C22H19FN2O2S. The van der Waals surface area contributed by atoms with Crippen LogP contribution >= 0.6 is 0 Å². The van der Waals surface area contributed by atoms with Crippen LogP contribution in [0.5, 0.6) is 0 Å². The van der Waals surface area contributed by atoms with E-state index in [9.17, 15) is 12.8 Å². The van der Waals surface area contributed by atoms with Crippen molar-refractivity contribution in [2.75, 3.05) is 11.0 Å². The number of pyridine rings is 1. The lowest BCUT2D eigenvalue weighted by molar-refractivity contribution is 0.606. The normalized spacial score (nSPS) is 14.9. The number of sulfonamides is 1. The van der Waals surface area contributed by atoms with Gasteiger partial charge in [0.15, 0.2) is 0 Å². The first-order valence-corrected chi connectivity index (χ1v) is 10.8. The van der Waals surface area contributed by atoms with Crippen LogP contribution in [0.3, 0.4) is 0 Å². The van der Waals surface area contributed by atoms with Gasteiger partial charge in [0.25, 0.3) is 0 Å². The molecule has 0 unspecified atom stereocenters. The van der Waals surface area contributed by atoms with E-state index in [-0.39, 0.29) is 5.82 Å². The maximum absolute atomic E-state index is 14.0. The number of anilines is 1. The molecule has 0 saturated carbocycles. The van der Waals surface area contributed by atoms with Gasteiger partial charge < -0.3 is 0 Å². The first-order chi connectivity index (χ1) is 13.4. The first kappa shape index (κ1) is 18.4. The van der Waals surface area contributed by atoms with Gasteiger partial charge in [-0.3, -0.25) is 9.71 Å². The fourth-order valence-electron chi connectivity index (χ4n) is 3.53. The van der Waals surface area contributed by atoms with Gasteiger partial charge in [-0.05, 0) is 59.4 Å². The van der Waals surface area contributed by atoms with Gasteiger partial charge in [0.2, 0.25) is 10.0 Å². The number of halogens is 1. The van der Waals surface area contributed by atoms with Crippen LogP contribution in [0.4, 0.5) is 10.1 Å². The van der Waals surface area contributed by atoms with Crippen molar-refractivity contribution in [1.29, 1.82) is 0 Å². The summed E-state index contributed by atoms with van der Waals surface area (Å²) in [6, 6.07) is 16.7. The van der Waals surface area contributed by atoms with Crippen molar-refractivity contribution in [3.8, 4) is 0 Å². The summed E-state index contributed by atoms with van der Waals surface area (Å²) in [5.41, 5.74) is 6.02. The molecule has 2 aromatic carbocycles. The van der Waals surface area contributed by atoms with Gasteiger partial charge in [0.05, 0.1) is 12.5 Å². The number of hydrogen-bond donors (Lipinski definition) is 1. The van der Waals surface area contributed by atoms with E-state index in [2.05, 4.69) is 15.8 Å². The zero-order valence-electron chi connectivity index (χ0n) is 15.3. The van der Waals surface area contributed by atoms with Crippen molar-refractivity contribution < 1.29 is 12.8 Å². The van der Waals surface area contributed by atoms with Gasteiger partial charge in [-0.15, -0.1) is 0 Å². The number of nitrogens with zero attached hydrogens (tertiary/aromatic N) is 1. The predicted octanol–water partition coefficient (Wildman–Crippen LogP) is 4.28. The van der Waals surface area contributed by atoms with Crippen molar-refractivity contribution in [1.82, 2.24) is 4.98 Å². The van der Waals surface area contributed by atoms with E-state index in [0.717, 1.165) is 47.1 Å². The molecule has 4 rings (SSSR count). The van der Waals surface area contributed by atoms with Crippen molar-refractivity contribution in [2.45, 2.75) is 12.8 Å². The van der Waals surface area contributed by atoms with Crippen LogP contribution in [0.25, 0.3) is 11.6 Å². The van der Waals surface area contributed by atoms with Crippen molar-refractivity contribution in [3.63, 3.8) is 0 Å². The van der Waals surface area contributed by atoms with Crippen LogP contribution in [0.15, 0.2) is 60.8 Å². The summed E-state index contributed by atoms with van der Waals surface area (Å²) in [6.45, 7) is 0. The lowest BCUT2D eigenvalue weighted by Crippen LogP contribution is -2.09. The SMILES string of the molecule is CS(=O)(=O)Nc1cccc(C=C2c3ccccc3CCc3ncc(F)cc32)c1. The molecule has 1 N–H and O–H groups in total. The summed E-state index contributed by atoms with van der Waals surface area (Å²) in [6.07, 6.45) is 5.89. The smallest absolute Gasteiger partial charge is 0.229 e. The molecule has 0 saturated heterocycles. The Kier molecular flexibility index (Phi) is 4.73. The topological polar surface area (TPSA) is 59.1 Å². The highest BCUT2D eigenvalue weighted by atomic mass is 32.2. The Morgan fingerprint density at radius 1 is 1.04 bits per heavy atom. The molecule has 1 aliphatic carbocycles. The molecular weight excluding hydrogens is 375 g/mol. The monoisotopic (exact) mass is 394 g/mol. The van der Waals surface area contributed by atoms with Gasteiger partial charge in [-0.1, -0.05) is 36.4 Å². The zero-order chi connectivity index (χ0) is 19.7. The Morgan fingerprint density at radius 3 is 2.68 bits per heavy atom. The predicted molar refractivity (Wildman–Crippen MR) is 110 cm³/mol. The average Bonchev–Trinajstić information content (AvgIpc) is 2.78. The largest absolute Gasteiger partial charge is 0.284 e. The first-order valence-electron chi connectivity index (χ1n) is 8.92. The number of hydrogen-bond acceptors (Lipinski definition) is 3. The number of aryl methyl sites for hydroxylation is 2. The minimum Gasteiger partial charge on any atom is -0.284 e. The minimum atomic E-state index is -3.37. The Morgan fingerprint density at radius 2 is 1.86 bits per heavy atom. The summed E-state index contributed by atoms with van der Waals surface area (Å²) in [7, 11) is -3.37. The maximum atomic E-state index is 14.0. The molecule has 0 radical (unpaired) electrons. The summed E-state index contributed by atoms with van der Waals surface area (Å²) in [4.78, 5) is 4.31. The standard InChI is InChI=1S/C22H19FN2O2S/c1-28(26,27)25-18-7-4-5-15(11-18)12-20-19-8-3-2-6-16(19)9-10-22-21(20)13-17(23)14-24-22/h2-8,11-14,25H,9-10H2,1H3. The number of fused-ring (bicyclic) bond motifs is 2. The third-order valence-corrected chi connectivity index (χ3v) is 5.27. The van der Waals surface area contributed by atoms with Crippen molar-refractivity contribution >= 4 is 27.4 Å². The summed E-state index contributed by atoms with van der Waals surface area (Å²) < 4.78 is 39.6.